The van der Waals surface area contributed by atoms with Crippen LogP contribution < -0.4 is 10.2 Å². The molecule has 0 unspecified atom stereocenters. The van der Waals surface area contributed by atoms with Gasteiger partial charge in [-0.2, -0.15) is 5.10 Å². The molecule has 8 nitrogen and oxygen atoms in total. The van der Waals surface area contributed by atoms with Crippen molar-refractivity contribution in [2.24, 2.45) is 0 Å². The van der Waals surface area contributed by atoms with Gasteiger partial charge < -0.3 is 10.2 Å². The number of carbonyl (C=O) groups excluding carboxylic acids is 1. The molecule has 168 valence electrons. The van der Waals surface area contributed by atoms with Crippen LogP contribution in [0.1, 0.15) is 17.3 Å². The highest BCUT2D eigenvalue weighted by atomic mass is 127. The van der Waals surface area contributed by atoms with Crippen LogP contribution in [0.15, 0.2) is 61.2 Å². The molecule has 9 heteroatoms. The van der Waals surface area contributed by atoms with E-state index in [0.717, 1.165) is 60.4 Å². The third-order valence-corrected chi connectivity index (χ3v) is 6.78. The number of aromatic nitrogens is 4. The van der Waals surface area contributed by atoms with Crippen molar-refractivity contribution in [1.29, 1.82) is 0 Å². The van der Waals surface area contributed by atoms with E-state index in [1.54, 1.807) is 18.5 Å². The van der Waals surface area contributed by atoms with Gasteiger partial charge in [-0.25, -0.2) is 13.1 Å². The first-order valence-electron chi connectivity index (χ1n) is 10.9. The SMILES string of the molecule is CCn1cc(-c2ccc3cnc(NC(=O)c4ccnc(N5CCN(I)CC5)c4)cc3c2)cn1. The summed E-state index contributed by atoms with van der Waals surface area (Å²) in [5.74, 6) is 1.15. The largest absolute Gasteiger partial charge is 0.354 e. The van der Waals surface area contributed by atoms with Gasteiger partial charge in [-0.1, -0.05) is 12.1 Å². The first-order valence-corrected chi connectivity index (χ1v) is 11.9. The first-order chi connectivity index (χ1) is 16.1. The summed E-state index contributed by atoms with van der Waals surface area (Å²) in [4.78, 5) is 24.1. The molecule has 0 radical (unpaired) electrons. The van der Waals surface area contributed by atoms with Crippen LogP contribution in [0.5, 0.6) is 0 Å². The lowest BCUT2D eigenvalue weighted by Crippen LogP contribution is -2.42. The van der Waals surface area contributed by atoms with Crippen LogP contribution >= 0.6 is 22.9 Å². The molecule has 4 heterocycles. The summed E-state index contributed by atoms with van der Waals surface area (Å²) in [5.41, 5.74) is 2.71. The van der Waals surface area contributed by atoms with Crippen LogP contribution in [0.4, 0.5) is 11.6 Å². The Labute approximate surface area is 206 Å². The Morgan fingerprint density at radius 3 is 2.64 bits per heavy atom. The number of rotatable bonds is 5. The maximum absolute atomic E-state index is 12.9. The number of fused-ring (bicyclic) bond motifs is 1. The molecule has 1 aliphatic heterocycles. The number of hydrogen-bond acceptors (Lipinski definition) is 6. The maximum atomic E-state index is 12.9. The molecule has 0 atom stereocenters. The highest BCUT2D eigenvalue weighted by molar-refractivity contribution is 14.1. The van der Waals surface area contributed by atoms with Gasteiger partial charge in [0.1, 0.15) is 11.6 Å². The van der Waals surface area contributed by atoms with Crippen molar-refractivity contribution in [2.45, 2.75) is 13.5 Å². The van der Waals surface area contributed by atoms with Gasteiger partial charge in [0.15, 0.2) is 0 Å². The number of hydrogen-bond donors (Lipinski definition) is 1. The van der Waals surface area contributed by atoms with Gasteiger partial charge in [0.25, 0.3) is 5.91 Å². The van der Waals surface area contributed by atoms with Crippen molar-refractivity contribution < 1.29 is 4.79 Å². The number of anilines is 2. The number of aryl methyl sites for hydroxylation is 1. The molecular formula is C24H24IN7O. The maximum Gasteiger partial charge on any atom is 0.257 e. The Bertz CT molecular complexity index is 1300. The summed E-state index contributed by atoms with van der Waals surface area (Å²) in [5, 5.41) is 9.32. The van der Waals surface area contributed by atoms with E-state index in [1.165, 1.54) is 0 Å². The molecule has 0 spiro atoms. The smallest absolute Gasteiger partial charge is 0.257 e. The fourth-order valence-corrected chi connectivity index (χ4v) is 4.34. The average Bonchev–Trinajstić information content (AvgIpc) is 3.34. The molecular weight excluding hydrogens is 529 g/mol. The average molecular weight is 553 g/mol. The highest BCUT2D eigenvalue weighted by Gasteiger charge is 2.17. The second-order valence-corrected chi connectivity index (χ2v) is 9.33. The number of piperazine rings is 1. The number of nitrogens with zero attached hydrogens (tertiary/aromatic N) is 6. The third-order valence-electron chi connectivity index (χ3n) is 5.81. The quantitative estimate of drug-likeness (QED) is 0.295. The molecule has 0 bridgehead atoms. The van der Waals surface area contributed by atoms with Crippen molar-refractivity contribution in [3.8, 4) is 11.1 Å². The summed E-state index contributed by atoms with van der Waals surface area (Å²) in [6, 6.07) is 11.7. The molecule has 0 saturated carbocycles. The van der Waals surface area contributed by atoms with Crippen molar-refractivity contribution in [3.05, 3.63) is 66.7 Å². The van der Waals surface area contributed by atoms with Crippen molar-refractivity contribution in [1.82, 2.24) is 22.9 Å². The lowest BCUT2D eigenvalue weighted by Gasteiger charge is -2.32. The van der Waals surface area contributed by atoms with E-state index in [4.69, 9.17) is 0 Å². The van der Waals surface area contributed by atoms with E-state index in [-0.39, 0.29) is 5.91 Å². The van der Waals surface area contributed by atoms with Gasteiger partial charge in [0, 0.05) is 90.7 Å². The van der Waals surface area contributed by atoms with Crippen LogP contribution in [-0.4, -0.2) is 54.9 Å². The van der Waals surface area contributed by atoms with E-state index < -0.39 is 0 Å². The van der Waals surface area contributed by atoms with Gasteiger partial charge in [0.05, 0.1) is 6.20 Å². The van der Waals surface area contributed by atoms with Gasteiger partial charge in [-0.3, -0.25) is 9.48 Å². The zero-order valence-electron chi connectivity index (χ0n) is 18.3. The summed E-state index contributed by atoms with van der Waals surface area (Å²) in [6.45, 7) is 6.63. The number of nitrogens with one attached hydrogen (secondary N) is 1. The molecule has 4 aromatic rings. The van der Waals surface area contributed by atoms with Crippen LogP contribution in [0.25, 0.3) is 21.9 Å². The monoisotopic (exact) mass is 553 g/mol. The molecule has 1 amide bonds. The zero-order chi connectivity index (χ0) is 22.8. The Morgan fingerprint density at radius 1 is 1.00 bits per heavy atom. The number of carbonyl (C=O) groups is 1. The second-order valence-electron chi connectivity index (χ2n) is 7.97. The fourth-order valence-electron chi connectivity index (χ4n) is 3.91. The second kappa shape index (κ2) is 9.44. The minimum atomic E-state index is -0.196. The van der Waals surface area contributed by atoms with E-state index in [2.05, 4.69) is 70.3 Å². The molecule has 1 aliphatic rings. The standard InChI is InChI=1S/C24H24IN7O/c1-2-32-16-21(15-28-32)17-3-4-19-14-27-22(12-20(19)11-17)29-24(33)18-5-6-26-23(13-18)30-7-9-31(25)10-8-30/h3-6,11-16H,2,7-10H2,1H3,(H,27,29,33). The van der Waals surface area contributed by atoms with Crippen LogP contribution in [-0.2, 0) is 6.54 Å². The Kier molecular flexibility index (Phi) is 6.23. The highest BCUT2D eigenvalue weighted by Crippen LogP contribution is 2.25. The predicted octanol–water partition coefficient (Wildman–Crippen LogP) is 4.24. The Balaban J connectivity index is 1.35. The lowest BCUT2D eigenvalue weighted by molar-refractivity contribution is 0.102. The summed E-state index contributed by atoms with van der Waals surface area (Å²) in [6.07, 6.45) is 7.38. The van der Waals surface area contributed by atoms with Gasteiger partial charge >= 0.3 is 0 Å². The number of halogens is 1. The normalized spacial score (nSPS) is 14.5. The van der Waals surface area contributed by atoms with Crippen LogP contribution in [0, 0.1) is 0 Å². The molecule has 33 heavy (non-hydrogen) atoms. The van der Waals surface area contributed by atoms with Gasteiger partial charge in [-0.15, -0.1) is 0 Å². The molecule has 1 aromatic carbocycles. The summed E-state index contributed by atoms with van der Waals surface area (Å²) in [7, 11) is 0. The van der Waals surface area contributed by atoms with Crippen LogP contribution in [0.2, 0.25) is 0 Å². The zero-order valence-corrected chi connectivity index (χ0v) is 20.4. The van der Waals surface area contributed by atoms with Crippen molar-refractivity contribution >= 4 is 51.2 Å². The molecule has 1 N–H and O–H groups in total. The van der Waals surface area contributed by atoms with Crippen LogP contribution in [0.3, 0.4) is 0 Å². The molecule has 3 aromatic heterocycles. The minimum Gasteiger partial charge on any atom is -0.354 e. The van der Waals surface area contributed by atoms with Gasteiger partial charge in [-0.05, 0) is 42.1 Å². The summed E-state index contributed by atoms with van der Waals surface area (Å²) >= 11 is 2.34. The van der Waals surface area contributed by atoms with Gasteiger partial charge in [0.2, 0.25) is 0 Å². The van der Waals surface area contributed by atoms with E-state index in [0.29, 0.717) is 11.4 Å². The molecule has 5 rings (SSSR count). The minimum absolute atomic E-state index is 0.196. The molecule has 0 aliphatic carbocycles. The van der Waals surface area contributed by atoms with Crippen molar-refractivity contribution in [3.63, 3.8) is 0 Å². The Morgan fingerprint density at radius 2 is 1.85 bits per heavy atom. The van der Waals surface area contributed by atoms with E-state index in [1.807, 2.05) is 35.3 Å². The predicted molar refractivity (Wildman–Crippen MR) is 139 cm³/mol. The fraction of sp³-hybridized carbons (Fsp3) is 0.250. The molecule has 1 fully saturated rings. The number of pyridine rings is 2. The first kappa shape index (κ1) is 21.8. The Hall–Kier alpha value is -3.05. The third kappa shape index (κ3) is 4.83. The topological polar surface area (TPSA) is 79.2 Å². The summed E-state index contributed by atoms with van der Waals surface area (Å²) < 4.78 is 4.17. The van der Waals surface area contributed by atoms with Crippen molar-refractivity contribution in [2.75, 3.05) is 36.4 Å². The van der Waals surface area contributed by atoms with E-state index >= 15 is 0 Å². The number of benzene rings is 1. The number of amides is 1. The molecule has 1 saturated heterocycles. The van der Waals surface area contributed by atoms with E-state index in [9.17, 15) is 4.79 Å². The lowest BCUT2D eigenvalue weighted by atomic mass is 10.1.